The smallest absolute Gasteiger partial charge is 0.329 e. The van der Waals surface area contributed by atoms with Gasteiger partial charge in [0.05, 0.1) is 12.8 Å². The highest BCUT2D eigenvalue weighted by Crippen LogP contribution is 2.17. The van der Waals surface area contributed by atoms with Crippen LogP contribution in [0.1, 0.15) is 30.5 Å². The minimum atomic E-state index is -0.735. The Bertz CT molecular complexity index is 985. The molecule has 0 amide bonds. The van der Waals surface area contributed by atoms with Gasteiger partial charge in [-0.2, -0.15) is 4.68 Å². The number of ether oxygens (including phenoxy) is 1. The zero-order chi connectivity index (χ0) is 18.1. The minimum Gasteiger partial charge on any atom is -0.467 e. The molecule has 0 aliphatic heterocycles. The van der Waals surface area contributed by atoms with E-state index in [1.165, 1.54) is 22.7 Å². The number of fused-ring (bicyclic) bond motifs is 1. The molecule has 2 heterocycles. The molecule has 0 bridgehead atoms. The molecule has 8 nitrogen and oxygen atoms in total. The van der Waals surface area contributed by atoms with Crippen molar-refractivity contribution in [3.63, 3.8) is 0 Å². The van der Waals surface area contributed by atoms with Gasteiger partial charge in [-0.15, -0.1) is 5.10 Å². The molecule has 1 atom stereocenters. The predicted octanol–water partition coefficient (Wildman–Crippen LogP) is 1.72. The van der Waals surface area contributed by atoms with Crippen molar-refractivity contribution < 1.29 is 9.53 Å². The monoisotopic (exact) mass is 341 g/mol. The van der Waals surface area contributed by atoms with E-state index >= 15 is 0 Å². The molecule has 2 aromatic heterocycles. The first-order chi connectivity index (χ1) is 12.0. The largest absolute Gasteiger partial charge is 0.467 e. The van der Waals surface area contributed by atoms with Crippen LogP contribution in [-0.4, -0.2) is 37.6 Å². The summed E-state index contributed by atoms with van der Waals surface area (Å²) in [6.07, 6.45) is 1.75. The summed E-state index contributed by atoms with van der Waals surface area (Å²) in [6, 6.07) is 5.20. The molecule has 3 aromatic rings. The van der Waals surface area contributed by atoms with Crippen LogP contribution in [0.2, 0.25) is 0 Å². The molecule has 0 radical (unpaired) electrons. The fourth-order valence-electron chi connectivity index (χ4n) is 2.90. The summed E-state index contributed by atoms with van der Waals surface area (Å²) in [5.74, 6) is -0.493. The molecule has 1 aromatic carbocycles. The molecule has 0 saturated carbocycles. The number of methoxy groups -OCH3 is 1. The molecule has 130 valence electrons. The van der Waals surface area contributed by atoms with Crippen LogP contribution < -0.4 is 5.56 Å². The Morgan fingerprint density at radius 1 is 1.24 bits per heavy atom. The van der Waals surface area contributed by atoms with Crippen LogP contribution >= 0.6 is 0 Å². The SMILES string of the molecule is CC[C@H](C(=O)OC)n1cnc2c(nnn2-c2cc(C)cc(C)c2)c1=O. The first kappa shape index (κ1) is 16.8. The zero-order valence-electron chi connectivity index (χ0n) is 14.6. The maximum atomic E-state index is 12.7. The minimum absolute atomic E-state index is 0.115. The lowest BCUT2D eigenvalue weighted by atomic mass is 10.1. The number of hydrogen-bond donors (Lipinski definition) is 0. The fraction of sp³-hybridized carbons (Fsp3) is 0.353. The van der Waals surface area contributed by atoms with E-state index in [0.29, 0.717) is 12.1 Å². The predicted molar refractivity (Wildman–Crippen MR) is 91.7 cm³/mol. The third kappa shape index (κ3) is 2.90. The van der Waals surface area contributed by atoms with Crippen molar-refractivity contribution in [2.45, 2.75) is 33.2 Å². The number of aryl methyl sites for hydroxylation is 2. The third-order valence-corrected chi connectivity index (χ3v) is 4.03. The van der Waals surface area contributed by atoms with Crippen molar-refractivity contribution in [2.24, 2.45) is 0 Å². The van der Waals surface area contributed by atoms with Crippen LogP contribution in [0.15, 0.2) is 29.3 Å². The molecule has 0 unspecified atom stereocenters. The van der Waals surface area contributed by atoms with Crippen LogP contribution in [-0.2, 0) is 9.53 Å². The highest BCUT2D eigenvalue weighted by Gasteiger charge is 2.23. The highest BCUT2D eigenvalue weighted by molar-refractivity contribution is 5.75. The fourth-order valence-corrected chi connectivity index (χ4v) is 2.90. The maximum Gasteiger partial charge on any atom is 0.329 e. The lowest BCUT2D eigenvalue weighted by molar-refractivity contribution is -0.144. The molecule has 3 rings (SSSR count). The number of carbonyl (C=O) groups is 1. The molecule has 0 spiro atoms. The van der Waals surface area contributed by atoms with Gasteiger partial charge in [-0.25, -0.2) is 9.78 Å². The van der Waals surface area contributed by atoms with Crippen LogP contribution in [0.25, 0.3) is 16.9 Å². The number of esters is 1. The van der Waals surface area contributed by atoms with Crippen molar-refractivity contribution in [3.8, 4) is 5.69 Å². The summed E-state index contributed by atoms with van der Waals surface area (Å²) >= 11 is 0. The number of nitrogens with zero attached hydrogens (tertiary/aromatic N) is 5. The summed E-state index contributed by atoms with van der Waals surface area (Å²) in [6.45, 7) is 5.76. The number of carbonyl (C=O) groups excluding carboxylic acids is 1. The zero-order valence-corrected chi connectivity index (χ0v) is 14.6. The second-order valence-corrected chi connectivity index (χ2v) is 5.92. The Morgan fingerprint density at radius 3 is 2.52 bits per heavy atom. The number of rotatable bonds is 4. The summed E-state index contributed by atoms with van der Waals surface area (Å²) in [7, 11) is 1.29. The van der Waals surface area contributed by atoms with Gasteiger partial charge in [0.25, 0.3) is 5.56 Å². The van der Waals surface area contributed by atoms with E-state index in [-0.39, 0.29) is 5.52 Å². The Kier molecular flexibility index (Phi) is 4.35. The molecule has 8 heteroatoms. The lowest BCUT2D eigenvalue weighted by Gasteiger charge is -2.14. The Morgan fingerprint density at radius 2 is 1.92 bits per heavy atom. The second-order valence-electron chi connectivity index (χ2n) is 5.92. The van der Waals surface area contributed by atoms with Gasteiger partial charge in [0.15, 0.2) is 11.2 Å². The van der Waals surface area contributed by atoms with Crippen molar-refractivity contribution in [3.05, 3.63) is 46.0 Å². The van der Waals surface area contributed by atoms with E-state index in [1.54, 1.807) is 6.92 Å². The average molecular weight is 341 g/mol. The van der Waals surface area contributed by atoms with Crippen molar-refractivity contribution in [1.29, 1.82) is 0 Å². The quantitative estimate of drug-likeness (QED) is 0.671. The van der Waals surface area contributed by atoms with Crippen molar-refractivity contribution in [2.75, 3.05) is 7.11 Å². The topological polar surface area (TPSA) is 91.9 Å². The lowest BCUT2D eigenvalue weighted by Crippen LogP contribution is -2.30. The average Bonchev–Trinajstić information content (AvgIpc) is 3.01. The first-order valence-corrected chi connectivity index (χ1v) is 7.95. The van der Waals surface area contributed by atoms with Crippen LogP contribution in [0, 0.1) is 13.8 Å². The molecule has 0 saturated heterocycles. The molecular weight excluding hydrogens is 322 g/mol. The summed E-state index contributed by atoms with van der Waals surface area (Å²) in [5, 5.41) is 8.06. The van der Waals surface area contributed by atoms with E-state index in [2.05, 4.69) is 15.3 Å². The van der Waals surface area contributed by atoms with Gasteiger partial charge < -0.3 is 4.74 Å². The first-order valence-electron chi connectivity index (χ1n) is 7.95. The van der Waals surface area contributed by atoms with Crippen LogP contribution in [0.4, 0.5) is 0 Å². The van der Waals surface area contributed by atoms with Crippen molar-refractivity contribution >= 4 is 17.1 Å². The number of hydrogen-bond acceptors (Lipinski definition) is 6. The number of benzene rings is 1. The molecule has 0 fully saturated rings. The van der Waals surface area contributed by atoms with Gasteiger partial charge in [-0.3, -0.25) is 9.36 Å². The highest BCUT2D eigenvalue weighted by atomic mass is 16.5. The van der Waals surface area contributed by atoms with E-state index in [1.807, 2.05) is 32.0 Å². The van der Waals surface area contributed by atoms with Gasteiger partial charge in [-0.1, -0.05) is 18.2 Å². The Labute approximate surface area is 144 Å². The normalized spacial score (nSPS) is 12.3. The van der Waals surface area contributed by atoms with Crippen LogP contribution in [0.5, 0.6) is 0 Å². The molecule has 0 aliphatic carbocycles. The Hall–Kier alpha value is -3.03. The maximum absolute atomic E-state index is 12.7. The van der Waals surface area contributed by atoms with Gasteiger partial charge in [-0.05, 0) is 43.5 Å². The van der Waals surface area contributed by atoms with Gasteiger partial charge in [0.1, 0.15) is 12.4 Å². The number of aromatic nitrogens is 5. The second kappa shape index (κ2) is 6.46. The van der Waals surface area contributed by atoms with Crippen LogP contribution in [0.3, 0.4) is 0 Å². The Balaban J connectivity index is 2.17. The molecular formula is C17H19N5O3. The van der Waals surface area contributed by atoms with E-state index in [0.717, 1.165) is 16.8 Å². The van der Waals surface area contributed by atoms with E-state index in [4.69, 9.17) is 4.74 Å². The molecule has 0 aliphatic rings. The van der Waals surface area contributed by atoms with Gasteiger partial charge in [0, 0.05) is 0 Å². The van der Waals surface area contributed by atoms with Gasteiger partial charge >= 0.3 is 5.97 Å². The summed E-state index contributed by atoms with van der Waals surface area (Å²) in [4.78, 5) is 28.9. The molecule has 25 heavy (non-hydrogen) atoms. The summed E-state index contributed by atoms with van der Waals surface area (Å²) in [5.41, 5.74) is 2.98. The van der Waals surface area contributed by atoms with E-state index in [9.17, 15) is 9.59 Å². The van der Waals surface area contributed by atoms with Crippen molar-refractivity contribution in [1.82, 2.24) is 24.5 Å². The standard InChI is InChI=1S/C17H19N5O3/c1-5-13(17(24)25-4)21-9-18-15-14(16(21)23)19-20-22(15)12-7-10(2)6-11(3)8-12/h6-9,13H,5H2,1-4H3/t13-/m1/s1. The molecule has 0 N–H and O–H groups in total. The van der Waals surface area contributed by atoms with E-state index < -0.39 is 17.6 Å². The summed E-state index contributed by atoms with van der Waals surface area (Å²) < 4.78 is 7.53. The van der Waals surface area contributed by atoms with Gasteiger partial charge in [0.2, 0.25) is 0 Å². The third-order valence-electron chi connectivity index (χ3n) is 4.03.